The van der Waals surface area contributed by atoms with Crippen LogP contribution in [0.5, 0.6) is 0 Å². The molecule has 1 aliphatic carbocycles. The van der Waals surface area contributed by atoms with Gasteiger partial charge in [0.2, 0.25) is 0 Å². The molecule has 1 aliphatic rings. The van der Waals surface area contributed by atoms with E-state index in [0.29, 0.717) is 11.7 Å². The third kappa shape index (κ3) is 4.56. The van der Waals surface area contributed by atoms with Gasteiger partial charge in [0.25, 0.3) is 5.91 Å². The number of carbonyl (C=O) groups excluding carboxylic acids is 1. The standard InChI is InChI=1S/C20H26N4O/c1-14-8-7-11-17(15(14)2)24-20(25)18-12-19(22-13-21-18)23-16-9-5-3-4-6-10-16/h7-8,11-13,16H,3-6,9-10H2,1-2H3,(H,24,25)(H,21,22,23). The zero-order chi connectivity index (χ0) is 17.6. The van der Waals surface area contributed by atoms with E-state index in [1.54, 1.807) is 6.07 Å². The molecular formula is C20H26N4O. The Labute approximate surface area is 149 Å². The number of nitrogens with one attached hydrogen (secondary N) is 2. The van der Waals surface area contributed by atoms with E-state index in [2.05, 4.69) is 20.6 Å². The molecule has 0 saturated heterocycles. The van der Waals surface area contributed by atoms with Crippen LogP contribution < -0.4 is 10.6 Å². The van der Waals surface area contributed by atoms with Crippen molar-refractivity contribution in [2.24, 2.45) is 0 Å². The quantitative estimate of drug-likeness (QED) is 0.807. The van der Waals surface area contributed by atoms with Crippen molar-refractivity contribution in [2.75, 3.05) is 10.6 Å². The van der Waals surface area contributed by atoms with Crippen LogP contribution in [-0.2, 0) is 0 Å². The van der Waals surface area contributed by atoms with E-state index in [0.717, 1.165) is 35.5 Å². The molecule has 1 aromatic heterocycles. The Morgan fingerprint density at radius 3 is 2.60 bits per heavy atom. The lowest BCUT2D eigenvalue weighted by Crippen LogP contribution is -2.20. The zero-order valence-corrected chi connectivity index (χ0v) is 15.0. The minimum absolute atomic E-state index is 0.208. The third-order valence-electron chi connectivity index (χ3n) is 4.96. The number of anilines is 2. The van der Waals surface area contributed by atoms with Crippen LogP contribution in [0, 0.1) is 13.8 Å². The summed E-state index contributed by atoms with van der Waals surface area (Å²) in [7, 11) is 0. The summed E-state index contributed by atoms with van der Waals surface area (Å²) in [6.07, 6.45) is 8.90. The molecule has 5 nitrogen and oxygen atoms in total. The Hall–Kier alpha value is -2.43. The maximum absolute atomic E-state index is 12.5. The number of nitrogens with zero attached hydrogens (tertiary/aromatic N) is 2. The topological polar surface area (TPSA) is 66.9 Å². The zero-order valence-electron chi connectivity index (χ0n) is 15.0. The number of benzene rings is 1. The summed E-state index contributed by atoms with van der Waals surface area (Å²) >= 11 is 0. The number of hydrogen-bond donors (Lipinski definition) is 2. The number of aryl methyl sites for hydroxylation is 1. The highest BCUT2D eigenvalue weighted by atomic mass is 16.1. The predicted molar refractivity (Wildman–Crippen MR) is 101 cm³/mol. The Balaban J connectivity index is 1.69. The van der Waals surface area contributed by atoms with E-state index in [1.807, 2.05) is 32.0 Å². The average Bonchev–Trinajstić information content (AvgIpc) is 2.88. The lowest BCUT2D eigenvalue weighted by Gasteiger charge is -2.17. The second-order valence-electron chi connectivity index (χ2n) is 6.82. The molecule has 0 spiro atoms. The molecular weight excluding hydrogens is 312 g/mol. The molecule has 1 amide bonds. The first kappa shape index (κ1) is 17.4. The highest BCUT2D eigenvalue weighted by Crippen LogP contribution is 2.21. The second-order valence-corrected chi connectivity index (χ2v) is 6.82. The highest BCUT2D eigenvalue weighted by Gasteiger charge is 2.15. The molecule has 2 aromatic rings. The van der Waals surface area contributed by atoms with Crippen molar-refractivity contribution in [2.45, 2.75) is 58.4 Å². The van der Waals surface area contributed by atoms with Gasteiger partial charge in [-0.25, -0.2) is 9.97 Å². The first-order chi connectivity index (χ1) is 12.1. The molecule has 1 heterocycles. The minimum Gasteiger partial charge on any atom is -0.367 e. The number of rotatable bonds is 4. The minimum atomic E-state index is -0.208. The summed E-state index contributed by atoms with van der Waals surface area (Å²) in [4.78, 5) is 21.0. The molecule has 3 rings (SSSR count). The van der Waals surface area contributed by atoms with E-state index in [1.165, 1.54) is 32.0 Å². The summed E-state index contributed by atoms with van der Waals surface area (Å²) < 4.78 is 0. The largest absolute Gasteiger partial charge is 0.367 e. The molecule has 5 heteroatoms. The van der Waals surface area contributed by atoms with Crippen molar-refractivity contribution >= 4 is 17.4 Å². The van der Waals surface area contributed by atoms with Gasteiger partial charge < -0.3 is 10.6 Å². The Morgan fingerprint density at radius 1 is 1.08 bits per heavy atom. The van der Waals surface area contributed by atoms with E-state index >= 15 is 0 Å². The van der Waals surface area contributed by atoms with E-state index in [4.69, 9.17) is 0 Å². The smallest absolute Gasteiger partial charge is 0.274 e. The fourth-order valence-corrected chi connectivity index (χ4v) is 3.27. The van der Waals surface area contributed by atoms with Crippen molar-refractivity contribution in [3.05, 3.63) is 47.4 Å². The van der Waals surface area contributed by atoms with Gasteiger partial charge in [0.15, 0.2) is 0 Å². The van der Waals surface area contributed by atoms with Crippen molar-refractivity contribution in [3.63, 3.8) is 0 Å². The summed E-state index contributed by atoms with van der Waals surface area (Å²) in [5, 5.41) is 6.42. The molecule has 0 unspecified atom stereocenters. The fraction of sp³-hybridized carbons (Fsp3) is 0.450. The third-order valence-corrected chi connectivity index (χ3v) is 4.96. The maximum atomic E-state index is 12.5. The molecule has 0 radical (unpaired) electrons. The number of amides is 1. The van der Waals surface area contributed by atoms with Crippen molar-refractivity contribution in [1.29, 1.82) is 0 Å². The van der Waals surface area contributed by atoms with Gasteiger partial charge in [-0.2, -0.15) is 0 Å². The lowest BCUT2D eigenvalue weighted by atomic mass is 10.1. The van der Waals surface area contributed by atoms with Gasteiger partial charge in [0.05, 0.1) is 0 Å². The van der Waals surface area contributed by atoms with Gasteiger partial charge in [-0.3, -0.25) is 4.79 Å². The molecule has 0 aliphatic heterocycles. The average molecular weight is 338 g/mol. The molecule has 132 valence electrons. The highest BCUT2D eigenvalue weighted by molar-refractivity contribution is 6.03. The number of aromatic nitrogens is 2. The Kier molecular flexibility index (Phi) is 5.64. The first-order valence-electron chi connectivity index (χ1n) is 9.09. The van der Waals surface area contributed by atoms with Crippen LogP contribution in [0.2, 0.25) is 0 Å². The van der Waals surface area contributed by atoms with Gasteiger partial charge in [-0.15, -0.1) is 0 Å². The summed E-state index contributed by atoms with van der Waals surface area (Å²) in [5.74, 6) is 0.521. The normalized spacial score (nSPS) is 15.4. The van der Waals surface area contributed by atoms with Crippen LogP contribution >= 0.6 is 0 Å². The molecule has 0 atom stereocenters. The molecule has 2 N–H and O–H groups in total. The monoisotopic (exact) mass is 338 g/mol. The van der Waals surface area contributed by atoms with Gasteiger partial charge in [-0.05, 0) is 43.9 Å². The molecule has 1 aromatic carbocycles. The van der Waals surface area contributed by atoms with Crippen LogP contribution in [0.1, 0.15) is 60.1 Å². The lowest BCUT2D eigenvalue weighted by molar-refractivity contribution is 0.102. The predicted octanol–water partition coefficient (Wildman–Crippen LogP) is 4.48. The Bertz CT molecular complexity index is 736. The van der Waals surface area contributed by atoms with E-state index < -0.39 is 0 Å². The van der Waals surface area contributed by atoms with Crippen LogP contribution in [-0.4, -0.2) is 21.9 Å². The maximum Gasteiger partial charge on any atom is 0.274 e. The van der Waals surface area contributed by atoms with E-state index in [-0.39, 0.29) is 5.91 Å². The van der Waals surface area contributed by atoms with Crippen LogP contribution in [0.3, 0.4) is 0 Å². The first-order valence-corrected chi connectivity index (χ1v) is 9.09. The van der Waals surface area contributed by atoms with E-state index in [9.17, 15) is 4.79 Å². The van der Waals surface area contributed by atoms with Crippen molar-refractivity contribution in [3.8, 4) is 0 Å². The summed E-state index contributed by atoms with van der Waals surface area (Å²) in [6.45, 7) is 4.04. The van der Waals surface area contributed by atoms with Gasteiger partial charge in [0, 0.05) is 17.8 Å². The second kappa shape index (κ2) is 8.10. The summed E-state index contributed by atoms with van der Waals surface area (Å²) in [6, 6.07) is 8.06. The molecule has 1 saturated carbocycles. The number of carbonyl (C=O) groups is 1. The molecule has 0 bridgehead atoms. The van der Waals surface area contributed by atoms with Crippen molar-refractivity contribution in [1.82, 2.24) is 9.97 Å². The Morgan fingerprint density at radius 2 is 1.84 bits per heavy atom. The van der Waals surface area contributed by atoms with Crippen molar-refractivity contribution < 1.29 is 4.79 Å². The van der Waals surface area contributed by atoms with Gasteiger partial charge in [-0.1, -0.05) is 37.8 Å². The number of hydrogen-bond acceptors (Lipinski definition) is 4. The van der Waals surface area contributed by atoms with Crippen LogP contribution in [0.15, 0.2) is 30.6 Å². The SMILES string of the molecule is Cc1cccc(NC(=O)c2cc(NC3CCCCCC3)ncn2)c1C. The fourth-order valence-electron chi connectivity index (χ4n) is 3.27. The van der Waals surface area contributed by atoms with Gasteiger partial charge in [0.1, 0.15) is 17.8 Å². The molecule has 25 heavy (non-hydrogen) atoms. The molecule has 1 fully saturated rings. The van der Waals surface area contributed by atoms with Gasteiger partial charge >= 0.3 is 0 Å². The van der Waals surface area contributed by atoms with Crippen LogP contribution in [0.4, 0.5) is 11.5 Å². The van der Waals surface area contributed by atoms with Crippen LogP contribution in [0.25, 0.3) is 0 Å². The summed E-state index contributed by atoms with van der Waals surface area (Å²) in [5.41, 5.74) is 3.42.